The highest BCUT2D eigenvalue weighted by molar-refractivity contribution is 5.78. The number of aromatic nitrogens is 2. The third-order valence-electron chi connectivity index (χ3n) is 4.96. The number of hydrogen-bond donors (Lipinski definition) is 0. The van der Waals surface area contributed by atoms with Crippen molar-refractivity contribution >= 4 is 5.91 Å². The van der Waals surface area contributed by atoms with Crippen LogP contribution in [-0.4, -0.2) is 53.9 Å². The van der Waals surface area contributed by atoms with Crippen molar-refractivity contribution in [3.63, 3.8) is 0 Å². The van der Waals surface area contributed by atoms with Gasteiger partial charge in [0.25, 0.3) is 0 Å². The molecule has 0 saturated carbocycles. The van der Waals surface area contributed by atoms with Gasteiger partial charge in [0.15, 0.2) is 5.82 Å². The van der Waals surface area contributed by atoms with E-state index in [4.69, 9.17) is 14.0 Å². The molecule has 1 amide bonds. The topological polar surface area (TPSA) is 77.7 Å². The van der Waals surface area contributed by atoms with Gasteiger partial charge in [-0.15, -0.1) is 0 Å². The molecule has 3 rings (SSSR count). The van der Waals surface area contributed by atoms with Crippen LogP contribution in [0.4, 0.5) is 0 Å². The van der Waals surface area contributed by atoms with Crippen molar-refractivity contribution in [1.29, 1.82) is 0 Å². The maximum atomic E-state index is 12.3. The minimum absolute atomic E-state index is 0.0124. The molecule has 2 fully saturated rings. The predicted octanol–water partition coefficient (Wildman–Crippen LogP) is 2.37. The number of carbonyl (C=O) groups is 1. The predicted molar refractivity (Wildman–Crippen MR) is 90.9 cm³/mol. The standard InChI is InChI=1S/C18H29N3O4/c1-13(2)18(22)21-8-3-4-15(21)17-19-16(20-25-17)7-11-24-12-14-5-9-23-10-6-14/h13-15H,3-12H2,1-2H3. The molecule has 1 aromatic heterocycles. The lowest BCUT2D eigenvalue weighted by Gasteiger charge is -2.23. The first-order chi connectivity index (χ1) is 12.1. The van der Waals surface area contributed by atoms with Crippen LogP contribution < -0.4 is 0 Å². The molecule has 1 atom stereocenters. The summed E-state index contributed by atoms with van der Waals surface area (Å²) in [5.41, 5.74) is 0. The van der Waals surface area contributed by atoms with E-state index in [1.807, 2.05) is 18.7 Å². The Kier molecular flexibility index (Phi) is 6.42. The lowest BCUT2D eigenvalue weighted by Crippen LogP contribution is -2.33. The first kappa shape index (κ1) is 18.3. The highest BCUT2D eigenvalue weighted by Gasteiger charge is 2.34. The molecule has 0 spiro atoms. The quantitative estimate of drug-likeness (QED) is 0.702. The van der Waals surface area contributed by atoms with Crippen LogP contribution in [0.5, 0.6) is 0 Å². The van der Waals surface area contributed by atoms with Gasteiger partial charge in [-0.25, -0.2) is 0 Å². The van der Waals surface area contributed by atoms with Crippen LogP contribution in [0.1, 0.15) is 57.3 Å². The molecule has 0 radical (unpaired) electrons. The van der Waals surface area contributed by atoms with Crippen molar-refractivity contribution < 1.29 is 18.8 Å². The van der Waals surface area contributed by atoms with Gasteiger partial charge in [0, 0.05) is 38.7 Å². The highest BCUT2D eigenvalue weighted by atomic mass is 16.5. The number of amides is 1. The largest absolute Gasteiger partial charge is 0.381 e. The maximum Gasteiger partial charge on any atom is 0.249 e. The summed E-state index contributed by atoms with van der Waals surface area (Å²) in [6.45, 7) is 7.67. The van der Waals surface area contributed by atoms with Crippen LogP contribution in [0.15, 0.2) is 4.52 Å². The summed E-state index contributed by atoms with van der Waals surface area (Å²) in [5, 5.41) is 4.06. The Balaban J connectivity index is 1.46. The molecule has 2 saturated heterocycles. The number of nitrogens with zero attached hydrogens (tertiary/aromatic N) is 3. The fourth-order valence-corrected chi connectivity index (χ4v) is 3.45. The number of likely N-dealkylation sites (tertiary alicyclic amines) is 1. The van der Waals surface area contributed by atoms with E-state index in [9.17, 15) is 4.79 Å². The van der Waals surface area contributed by atoms with E-state index in [0.717, 1.165) is 52.0 Å². The van der Waals surface area contributed by atoms with E-state index in [1.165, 1.54) is 0 Å². The van der Waals surface area contributed by atoms with Crippen molar-refractivity contribution in [3.05, 3.63) is 11.7 Å². The van der Waals surface area contributed by atoms with Gasteiger partial charge in [-0.1, -0.05) is 19.0 Å². The second-order valence-corrected chi connectivity index (χ2v) is 7.27. The van der Waals surface area contributed by atoms with Crippen molar-refractivity contribution in [2.75, 3.05) is 33.0 Å². The van der Waals surface area contributed by atoms with Crippen LogP contribution in [0, 0.1) is 11.8 Å². The molecule has 140 valence electrons. The molecule has 1 aromatic rings. The van der Waals surface area contributed by atoms with Crippen LogP contribution in [0.3, 0.4) is 0 Å². The van der Waals surface area contributed by atoms with Gasteiger partial charge in [0.1, 0.15) is 6.04 Å². The number of carbonyl (C=O) groups excluding carboxylic acids is 1. The molecule has 2 aliphatic rings. The minimum atomic E-state index is -0.0701. The second kappa shape index (κ2) is 8.76. The smallest absolute Gasteiger partial charge is 0.249 e. The van der Waals surface area contributed by atoms with Gasteiger partial charge in [-0.05, 0) is 31.6 Å². The van der Waals surface area contributed by atoms with Gasteiger partial charge in [-0.2, -0.15) is 4.98 Å². The first-order valence-electron chi connectivity index (χ1n) is 9.43. The highest BCUT2D eigenvalue weighted by Crippen LogP contribution is 2.32. The summed E-state index contributed by atoms with van der Waals surface area (Å²) in [5.74, 6) is 1.96. The summed E-state index contributed by atoms with van der Waals surface area (Å²) in [7, 11) is 0. The van der Waals surface area contributed by atoms with E-state index in [0.29, 0.717) is 30.7 Å². The SMILES string of the molecule is CC(C)C(=O)N1CCCC1c1nc(CCOCC2CCOCC2)no1. The monoisotopic (exact) mass is 351 g/mol. The Morgan fingerprint density at radius 1 is 1.32 bits per heavy atom. The summed E-state index contributed by atoms with van der Waals surface area (Å²) in [6, 6.07) is -0.0701. The minimum Gasteiger partial charge on any atom is -0.381 e. The van der Waals surface area contributed by atoms with Gasteiger partial charge in [0.2, 0.25) is 11.8 Å². The lowest BCUT2D eigenvalue weighted by molar-refractivity contribution is -0.135. The van der Waals surface area contributed by atoms with Crippen molar-refractivity contribution in [2.24, 2.45) is 11.8 Å². The van der Waals surface area contributed by atoms with Crippen LogP contribution >= 0.6 is 0 Å². The van der Waals surface area contributed by atoms with Crippen LogP contribution in [0.25, 0.3) is 0 Å². The third-order valence-corrected chi connectivity index (χ3v) is 4.96. The van der Waals surface area contributed by atoms with E-state index >= 15 is 0 Å². The van der Waals surface area contributed by atoms with E-state index in [1.54, 1.807) is 0 Å². The van der Waals surface area contributed by atoms with E-state index < -0.39 is 0 Å². The Bertz CT molecular complexity index is 554. The van der Waals surface area contributed by atoms with Gasteiger partial charge >= 0.3 is 0 Å². The van der Waals surface area contributed by atoms with E-state index in [2.05, 4.69) is 10.1 Å². The molecule has 7 nitrogen and oxygen atoms in total. The average molecular weight is 351 g/mol. The maximum absolute atomic E-state index is 12.3. The number of hydrogen-bond acceptors (Lipinski definition) is 6. The third kappa shape index (κ3) is 4.79. The molecule has 0 bridgehead atoms. The zero-order valence-corrected chi connectivity index (χ0v) is 15.3. The molecule has 7 heteroatoms. The van der Waals surface area contributed by atoms with Crippen LogP contribution in [-0.2, 0) is 20.7 Å². The summed E-state index contributed by atoms with van der Waals surface area (Å²) in [6.07, 6.45) is 4.66. The lowest BCUT2D eigenvalue weighted by atomic mass is 10.0. The molecule has 0 aromatic carbocycles. The molecule has 0 N–H and O–H groups in total. The fourth-order valence-electron chi connectivity index (χ4n) is 3.45. The summed E-state index contributed by atoms with van der Waals surface area (Å²) < 4.78 is 16.5. The molecular weight excluding hydrogens is 322 g/mol. The Hall–Kier alpha value is -1.47. The Morgan fingerprint density at radius 3 is 2.88 bits per heavy atom. The number of rotatable bonds is 7. The van der Waals surface area contributed by atoms with Gasteiger partial charge in [-0.3, -0.25) is 4.79 Å². The zero-order valence-electron chi connectivity index (χ0n) is 15.3. The molecule has 0 aliphatic carbocycles. The first-order valence-corrected chi connectivity index (χ1v) is 9.43. The van der Waals surface area contributed by atoms with Gasteiger partial charge in [0.05, 0.1) is 6.61 Å². The Labute approximate surface area is 149 Å². The summed E-state index contributed by atoms with van der Waals surface area (Å²) in [4.78, 5) is 18.7. The van der Waals surface area contributed by atoms with Crippen molar-refractivity contribution in [1.82, 2.24) is 15.0 Å². The number of ether oxygens (including phenoxy) is 2. The van der Waals surface area contributed by atoms with Crippen LogP contribution in [0.2, 0.25) is 0 Å². The van der Waals surface area contributed by atoms with Crippen molar-refractivity contribution in [2.45, 2.75) is 52.0 Å². The summed E-state index contributed by atoms with van der Waals surface area (Å²) >= 11 is 0. The molecule has 1 unspecified atom stereocenters. The fraction of sp³-hybridized carbons (Fsp3) is 0.833. The van der Waals surface area contributed by atoms with Gasteiger partial charge < -0.3 is 18.9 Å². The average Bonchev–Trinajstić information content (AvgIpc) is 3.28. The Morgan fingerprint density at radius 2 is 2.12 bits per heavy atom. The van der Waals surface area contributed by atoms with Crippen molar-refractivity contribution in [3.8, 4) is 0 Å². The second-order valence-electron chi connectivity index (χ2n) is 7.27. The molecule has 3 heterocycles. The normalized spacial score (nSPS) is 22.0. The molecular formula is C18H29N3O4. The van der Waals surface area contributed by atoms with E-state index in [-0.39, 0.29) is 17.9 Å². The zero-order chi connectivity index (χ0) is 17.6. The molecule has 25 heavy (non-hydrogen) atoms. The molecule has 2 aliphatic heterocycles.